The Balaban J connectivity index is 2.70. The molecule has 0 saturated heterocycles. The average Bonchev–Trinajstić information content (AvgIpc) is 2.22. The summed E-state index contributed by atoms with van der Waals surface area (Å²) in [6, 6.07) is 10.5. The Hall–Kier alpha value is -1.15. The molecule has 2 N–H and O–H groups in total. The van der Waals surface area contributed by atoms with E-state index in [1.807, 2.05) is 6.07 Å². The summed E-state index contributed by atoms with van der Waals surface area (Å²) in [5.74, 6) is 0. The lowest BCUT2D eigenvalue weighted by Gasteiger charge is -2.19. The topological polar surface area (TPSA) is 26.0 Å². The first kappa shape index (κ1) is 11.3. The van der Waals surface area contributed by atoms with Gasteiger partial charge in [0.2, 0.25) is 0 Å². The minimum atomic E-state index is 0.169. The van der Waals surface area contributed by atoms with Crippen molar-refractivity contribution < 1.29 is 0 Å². The molecular weight excluding hydrogens is 214 g/mol. The van der Waals surface area contributed by atoms with E-state index in [4.69, 9.17) is 5.73 Å². The van der Waals surface area contributed by atoms with Gasteiger partial charge in [-0.1, -0.05) is 45.0 Å². The predicted octanol–water partition coefficient (Wildman–Crippen LogP) is 4.01. The maximum atomic E-state index is 6.00. The fourth-order valence-corrected chi connectivity index (χ4v) is 2.00. The SMILES string of the molecule is CC(C)(C)c1ccc2c(N)c(S)ccc2c1. The lowest BCUT2D eigenvalue weighted by molar-refractivity contribution is 0.591. The van der Waals surface area contributed by atoms with Crippen molar-refractivity contribution in [1.82, 2.24) is 0 Å². The first-order chi connectivity index (χ1) is 7.39. The second kappa shape index (κ2) is 3.70. The molecule has 0 bridgehead atoms. The van der Waals surface area contributed by atoms with E-state index in [1.165, 1.54) is 10.9 Å². The number of nitrogens with two attached hydrogens (primary N) is 1. The van der Waals surface area contributed by atoms with Crippen LogP contribution in [0.2, 0.25) is 0 Å². The highest BCUT2D eigenvalue weighted by molar-refractivity contribution is 7.80. The molecule has 0 heterocycles. The van der Waals surface area contributed by atoms with Gasteiger partial charge in [0, 0.05) is 10.3 Å². The molecular formula is C14H17NS. The maximum Gasteiger partial charge on any atom is 0.0529 e. The van der Waals surface area contributed by atoms with E-state index >= 15 is 0 Å². The van der Waals surface area contributed by atoms with Crippen molar-refractivity contribution in [3.8, 4) is 0 Å². The minimum Gasteiger partial charge on any atom is -0.397 e. The van der Waals surface area contributed by atoms with Gasteiger partial charge in [0.05, 0.1) is 5.69 Å². The quantitative estimate of drug-likeness (QED) is 0.520. The van der Waals surface area contributed by atoms with Crippen LogP contribution in [0.1, 0.15) is 26.3 Å². The van der Waals surface area contributed by atoms with Gasteiger partial charge in [0.25, 0.3) is 0 Å². The van der Waals surface area contributed by atoms with Gasteiger partial charge in [0.1, 0.15) is 0 Å². The molecule has 0 aromatic heterocycles. The average molecular weight is 231 g/mol. The molecule has 0 spiro atoms. The Morgan fingerprint density at radius 3 is 2.38 bits per heavy atom. The fraction of sp³-hybridized carbons (Fsp3) is 0.286. The second-order valence-electron chi connectivity index (χ2n) is 5.18. The molecule has 0 radical (unpaired) electrons. The highest BCUT2D eigenvalue weighted by Crippen LogP contribution is 2.31. The third-order valence-electron chi connectivity index (χ3n) is 2.90. The summed E-state index contributed by atoms with van der Waals surface area (Å²) < 4.78 is 0. The van der Waals surface area contributed by atoms with Crippen molar-refractivity contribution in [2.45, 2.75) is 31.1 Å². The summed E-state index contributed by atoms with van der Waals surface area (Å²) >= 11 is 4.33. The van der Waals surface area contributed by atoms with Crippen LogP contribution in [-0.2, 0) is 5.41 Å². The molecule has 84 valence electrons. The summed E-state index contributed by atoms with van der Waals surface area (Å²) in [7, 11) is 0. The van der Waals surface area contributed by atoms with Crippen molar-refractivity contribution >= 4 is 29.1 Å². The highest BCUT2D eigenvalue weighted by Gasteiger charge is 2.14. The molecule has 0 atom stereocenters. The van der Waals surface area contributed by atoms with E-state index in [0.717, 1.165) is 16.0 Å². The van der Waals surface area contributed by atoms with Crippen LogP contribution in [-0.4, -0.2) is 0 Å². The van der Waals surface area contributed by atoms with E-state index in [9.17, 15) is 0 Å². The van der Waals surface area contributed by atoms with Crippen LogP contribution in [0.4, 0.5) is 5.69 Å². The van der Waals surface area contributed by atoms with Crippen LogP contribution in [0.3, 0.4) is 0 Å². The van der Waals surface area contributed by atoms with Gasteiger partial charge in [-0.05, 0) is 22.4 Å². The Labute approximate surface area is 102 Å². The van der Waals surface area contributed by atoms with Gasteiger partial charge in [-0.15, -0.1) is 12.6 Å². The number of hydrogen-bond acceptors (Lipinski definition) is 2. The van der Waals surface area contributed by atoms with Gasteiger partial charge < -0.3 is 5.73 Å². The number of hydrogen-bond donors (Lipinski definition) is 2. The van der Waals surface area contributed by atoms with E-state index in [-0.39, 0.29) is 5.41 Å². The molecule has 0 aliphatic heterocycles. The molecule has 0 aliphatic rings. The molecule has 2 aromatic rings. The van der Waals surface area contributed by atoms with Gasteiger partial charge in [-0.2, -0.15) is 0 Å². The molecule has 16 heavy (non-hydrogen) atoms. The van der Waals surface area contributed by atoms with Crippen LogP contribution in [0.25, 0.3) is 10.8 Å². The largest absolute Gasteiger partial charge is 0.397 e. The highest BCUT2D eigenvalue weighted by atomic mass is 32.1. The number of benzene rings is 2. The third kappa shape index (κ3) is 1.90. The van der Waals surface area contributed by atoms with Crippen molar-refractivity contribution in [2.24, 2.45) is 0 Å². The van der Waals surface area contributed by atoms with Crippen LogP contribution < -0.4 is 5.73 Å². The molecule has 1 nitrogen and oxygen atoms in total. The number of anilines is 1. The van der Waals surface area contributed by atoms with E-state index in [2.05, 4.69) is 57.7 Å². The van der Waals surface area contributed by atoms with E-state index in [0.29, 0.717) is 0 Å². The van der Waals surface area contributed by atoms with Crippen LogP contribution in [0.5, 0.6) is 0 Å². The Bertz CT molecular complexity index is 538. The first-order valence-electron chi connectivity index (χ1n) is 5.41. The third-order valence-corrected chi connectivity index (χ3v) is 3.29. The van der Waals surface area contributed by atoms with E-state index in [1.54, 1.807) is 0 Å². The Kier molecular flexibility index (Phi) is 2.62. The van der Waals surface area contributed by atoms with Crippen molar-refractivity contribution in [3.63, 3.8) is 0 Å². The number of nitrogen functional groups attached to an aromatic ring is 1. The number of thiol groups is 1. The van der Waals surface area contributed by atoms with Crippen molar-refractivity contribution in [2.75, 3.05) is 5.73 Å². The van der Waals surface area contributed by atoms with Crippen LogP contribution in [0.15, 0.2) is 35.2 Å². The molecule has 0 aliphatic carbocycles. The zero-order chi connectivity index (χ0) is 11.9. The van der Waals surface area contributed by atoms with Gasteiger partial charge in [-0.25, -0.2) is 0 Å². The summed E-state index contributed by atoms with van der Waals surface area (Å²) in [6.07, 6.45) is 0. The van der Waals surface area contributed by atoms with Crippen molar-refractivity contribution in [1.29, 1.82) is 0 Å². The van der Waals surface area contributed by atoms with Crippen molar-refractivity contribution in [3.05, 3.63) is 35.9 Å². The normalized spacial score (nSPS) is 12.0. The monoisotopic (exact) mass is 231 g/mol. The molecule has 2 rings (SSSR count). The fourth-order valence-electron chi connectivity index (χ4n) is 1.81. The van der Waals surface area contributed by atoms with Gasteiger partial charge >= 0.3 is 0 Å². The Morgan fingerprint density at radius 1 is 1.06 bits per heavy atom. The standard InChI is InChI=1S/C14H17NS/c1-14(2,3)10-5-6-11-9(8-10)4-7-12(16)13(11)15/h4-8,16H,15H2,1-3H3. The smallest absolute Gasteiger partial charge is 0.0529 e. The summed E-state index contributed by atoms with van der Waals surface area (Å²) in [5.41, 5.74) is 8.26. The maximum absolute atomic E-state index is 6.00. The lowest BCUT2D eigenvalue weighted by Crippen LogP contribution is -2.10. The zero-order valence-electron chi connectivity index (χ0n) is 9.91. The molecule has 0 amide bonds. The van der Waals surface area contributed by atoms with Gasteiger partial charge in [0.15, 0.2) is 0 Å². The Morgan fingerprint density at radius 2 is 1.75 bits per heavy atom. The lowest BCUT2D eigenvalue weighted by atomic mass is 9.86. The van der Waals surface area contributed by atoms with Crippen LogP contribution in [0, 0.1) is 0 Å². The number of fused-ring (bicyclic) bond motifs is 1. The first-order valence-corrected chi connectivity index (χ1v) is 5.86. The summed E-state index contributed by atoms with van der Waals surface area (Å²) in [4.78, 5) is 0.844. The number of rotatable bonds is 0. The predicted molar refractivity (Wildman–Crippen MR) is 74.3 cm³/mol. The zero-order valence-corrected chi connectivity index (χ0v) is 10.8. The van der Waals surface area contributed by atoms with Crippen LogP contribution >= 0.6 is 12.6 Å². The van der Waals surface area contributed by atoms with Gasteiger partial charge in [-0.3, -0.25) is 0 Å². The molecule has 2 aromatic carbocycles. The van der Waals surface area contributed by atoms with E-state index < -0.39 is 0 Å². The minimum absolute atomic E-state index is 0.169. The second-order valence-corrected chi connectivity index (χ2v) is 5.67. The molecule has 0 fully saturated rings. The summed E-state index contributed by atoms with van der Waals surface area (Å²) in [5, 5.41) is 2.27. The summed E-state index contributed by atoms with van der Waals surface area (Å²) in [6.45, 7) is 6.64. The molecule has 0 unspecified atom stereocenters. The molecule has 2 heteroatoms. The molecule has 0 saturated carbocycles.